The minimum Gasteiger partial charge on any atom is -0.394 e. The van der Waals surface area contributed by atoms with Gasteiger partial charge in [0.25, 0.3) is 5.91 Å². The van der Waals surface area contributed by atoms with Crippen LogP contribution in [0.15, 0.2) is 77.0 Å². The van der Waals surface area contributed by atoms with E-state index in [0.717, 1.165) is 35.4 Å². The van der Waals surface area contributed by atoms with Crippen molar-refractivity contribution in [3.05, 3.63) is 77.9 Å². The number of aliphatic hydroxyl groups is 2. The third-order valence-corrected chi connectivity index (χ3v) is 6.45. The lowest BCUT2D eigenvalue weighted by Crippen LogP contribution is -2.18. The normalized spacial score (nSPS) is 13.6. The van der Waals surface area contributed by atoms with E-state index in [1.807, 2.05) is 36.4 Å². The van der Waals surface area contributed by atoms with Crippen molar-refractivity contribution >= 4 is 34.2 Å². The molecular formula is C28H28N7O4+. The quantitative estimate of drug-likeness (QED) is 0.203. The Bertz CT molecular complexity index is 1530. The third-order valence-electron chi connectivity index (χ3n) is 6.45. The Morgan fingerprint density at radius 3 is 2.46 bits per heavy atom. The van der Waals surface area contributed by atoms with Gasteiger partial charge in [0.2, 0.25) is 10.0 Å². The first-order valence-electron chi connectivity index (χ1n) is 12.7. The maximum atomic E-state index is 12.8. The van der Waals surface area contributed by atoms with Gasteiger partial charge in [0, 0.05) is 41.2 Å². The van der Waals surface area contributed by atoms with Crippen LogP contribution < -0.4 is 15.1 Å². The molecule has 0 radical (unpaired) electrons. The smallest absolute Gasteiger partial charge is 0.360 e. The molecule has 2 heterocycles. The van der Waals surface area contributed by atoms with Crippen LogP contribution in [-0.4, -0.2) is 64.3 Å². The molecule has 1 aliphatic heterocycles. The molecule has 1 fully saturated rings. The number of fused-ring (bicyclic) bond motifs is 1. The molecule has 0 saturated carbocycles. The van der Waals surface area contributed by atoms with Crippen LogP contribution in [0, 0.1) is 0 Å². The van der Waals surface area contributed by atoms with Crippen molar-refractivity contribution < 1.29 is 19.8 Å². The number of H-pyrrole nitrogens is 1. The van der Waals surface area contributed by atoms with Gasteiger partial charge in [-0.2, -0.15) is 0 Å². The molecule has 1 saturated heterocycles. The zero-order chi connectivity index (χ0) is 27.2. The Balaban J connectivity index is 1.24. The summed E-state index contributed by atoms with van der Waals surface area (Å²) in [6, 6.07) is 19.8. The average Bonchev–Trinajstić information content (AvgIpc) is 3.66. The number of hydrogen-bond donors (Lipinski definition) is 4. The van der Waals surface area contributed by atoms with Crippen LogP contribution in [0.2, 0.25) is 0 Å². The van der Waals surface area contributed by atoms with Gasteiger partial charge < -0.3 is 25.4 Å². The summed E-state index contributed by atoms with van der Waals surface area (Å²) in [6.07, 6.45) is 1.37. The van der Waals surface area contributed by atoms with E-state index in [9.17, 15) is 14.7 Å². The summed E-state index contributed by atoms with van der Waals surface area (Å²) in [4.78, 5) is 38.5. The first kappa shape index (κ1) is 25.9. The second-order valence-electron chi connectivity index (χ2n) is 9.24. The maximum Gasteiger partial charge on any atom is 0.360 e. The molecule has 2 amide bonds. The maximum absolute atomic E-state index is 12.8. The number of aromatic nitrogens is 2. The number of carbonyl (C=O) groups excluding carboxylic acids is 2. The minimum atomic E-state index is -1.04. The standard InChI is InChI=1S/C28H27N7O4/c36-17-23(37)16-29-34-33-28(39)20-5-3-18(4-6-20)26-31-24-12-9-21(15-25(24)32-26)30-27(38)19-7-10-22(11-8-19)35-13-1-2-14-35/h3-12,15,23,36-37H,1-2,13-14,16-17H2,(H,29,33,39)/p+1. The number of aliphatic hydroxyl groups excluding tert-OH is 2. The van der Waals surface area contributed by atoms with E-state index in [4.69, 9.17) is 5.11 Å². The predicted octanol–water partition coefficient (Wildman–Crippen LogP) is 3.55. The van der Waals surface area contributed by atoms with Gasteiger partial charge >= 0.3 is 5.91 Å². The van der Waals surface area contributed by atoms with Crippen molar-refractivity contribution in [3.63, 3.8) is 0 Å². The molecule has 5 rings (SSSR count). The molecule has 1 unspecified atom stereocenters. The van der Waals surface area contributed by atoms with Gasteiger partial charge in [0.1, 0.15) is 17.0 Å². The summed E-state index contributed by atoms with van der Waals surface area (Å²) >= 11 is 0. The number of nitrogens with zero attached hydrogens (tertiary/aromatic N) is 5. The van der Waals surface area contributed by atoms with E-state index in [-0.39, 0.29) is 12.5 Å². The Morgan fingerprint density at radius 2 is 1.74 bits per heavy atom. The average molecular weight is 527 g/mol. The molecule has 0 aliphatic carbocycles. The summed E-state index contributed by atoms with van der Waals surface area (Å²) in [5, 5.41) is 27.9. The lowest BCUT2D eigenvalue weighted by Gasteiger charge is -2.17. The van der Waals surface area contributed by atoms with E-state index in [2.05, 4.69) is 35.3 Å². The number of nitrogens with one attached hydrogen (secondary N) is 2. The largest absolute Gasteiger partial charge is 0.394 e. The number of carbonyl (C=O) groups is 2. The number of anilines is 2. The summed E-state index contributed by atoms with van der Waals surface area (Å²) in [6.45, 7) is 1.53. The van der Waals surface area contributed by atoms with E-state index in [1.54, 1.807) is 30.3 Å². The molecule has 1 aromatic heterocycles. The second kappa shape index (κ2) is 11.8. The highest BCUT2D eigenvalue weighted by atomic mass is 16.3. The van der Waals surface area contributed by atoms with E-state index in [1.165, 1.54) is 12.8 Å². The lowest BCUT2D eigenvalue weighted by atomic mass is 10.1. The molecular weight excluding hydrogens is 498 g/mol. The molecule has 198 valence electrons. The van der Waals surface area contributed by atoms with E-state index < -0.39 is 18.6 Å². The van der Waals surface area contributed by atoms with Crippen molar-refractivity contribution in [2.24, 2.45) is 10.2 Å². The van der Waals surface area contributed by atoms with Crippen LogP contribution in [0.5, 0.6) is 0 Å². The van der Waals surface area contributed by atoms with Gasteiger partial charge in [0.15, 0.2) is 6.54 Å². The van der Waals surface area contributed by atoms with Crippen molar-refractivity contribution in [1.82, 2.24) is 14.9 Å². The first-order chi connectivity index (χ1) is 19.0. The van der Waals surface area contributed by atoms with Gasteiger partial charge in [0.05, 0.1) is 17.6 Å². The minimum absolute atomic E-state index is 0.143. The SMILES string of the molecule is O=C(N=[N+]=NCC(O)CO)c1ccc(-c2nc3ccc(NC(=O)c4ccc(N5CCCC5)cc4)cc3[nH]2)cc1. The predicted molar refractivity (Wildman–Crippen MR) is 147 cm³/mol. The van der Waals surface area contributed by atoms with Crippen LogP contribution in [0.1, 0.15) is 33.6 Å². The molecule has 0 bridgehead atoms. The summed E-state index contributed by atoms with van der Waals surface area (Å²) in [7, 11) is 0. The van der Waals surface area contributed by atoms with Crippen molar-refractivity contribution in [2.45, 2.75) is 18.9 Å². The number of rotatable bonds is 8. The Kier molecular flexibility index (Phi) is 7.83. The highest BCUT2D eigenvalue weighted by Gasteiger charge is 2.15. The van der Waals surface area contributed by atoms with Gasteiger partial charge in [-0.25, -0.2) is 4.98 Å². The van der Waals surface area contributed by atoms with Gasteiger partial charge in [-0.3, -0.25) is 9.59 Å². The molecule has 3 aromatic carbocycles. The van der Waals surface area contributed by atoms with Crippen molar-refractivity contribution in [2.75, 3.05) is 36.5 Å². The zero-order valence-electron chi connectivity index (χ0n) is 21.1. The Morgan fingerprint density at radius 1 is 1.03 bits per heavy atom. The summed E-state index contributed by atoms with van der Waals surface area (Å²) in [5.41, 5.74) is 4.95. The molecule has 1 atom stereocenters. The van der Waals surface area contributed by atoms with Gasteiger partial charge in [-0.15, -0.1) is 0 Å². The monoisotopic (exact) mass is 526 g/mol. The first-order valence-corrected chi connectivity index (χ1v) is 12.7. The third kappa shape index (κ3) is 6.24. The van der Waals surface area contributed by atoms with Gasteiger partial charge in [-0.05, 0) is 67.4 Å². The number of amides is 2. The fourth-order valence-electron chi connectivity index (χ4n) is 4.32. The molecule has 11 heteroatoms. The molecule has 0 spiro atoms. The highest BCUT2D eigenvalue weighted by Crippen LogP contribution is 2.25. The van der Waals surface area contributed by atoms with Crippen LogP contribution >= 0.6 is 0 Å². The molecule has 39 heavy (non-hydrogen) atoms. The number of hydrogen-bond acceptors (Lipinski definition) is 7. The van der Waals surface area contributed by atoms with Crippen LogP contribution in [0.25, 0.3) is 22.4 Å². The molecule has 11 nitrogen and oxygen atoms in total. The Hall–Kier alpha value is -4.70. The topological polar surface area (TPSA) is 157 Å². The summed E-state index contributed by atoms with van der Waals surface area (Å²) in [5.74, 6) is -0.157. The van der Waals surface area contributed by atoms with Crippen molar-refractivity contribution in [1.29, 1.82) is 0 Å². The van der Waals surface area contributed by atoms with Crippen molar-refractivity contribution in [3.8, 4) is 11.4 Å². The summed E-state index contributed by atoms with van der Waals surface area (Å²) < 4.78 is 0. The number of aromatic amines is 1. The van der Waals surface area contributed by atoms with Crippen LogP contribution in [0.3, 0.4) is 0 Å². The van der Waals surface area contributed by atoms with E-state index >= 15 is 0 Å². The number of imidazole rings is 1. The lowest BCUT2D eigenvalue weighted by molar-refractivity contribution is 0.0976. The molecule has 4 aromatic rings. The fraction of sp³-hybridized carbons (Fsp3) is 0.250. The molecule has 4 N–H and O–H groups in total. The van der Waals surface area contributed by atoms with Gasteiger partial charge in [-0.1, -0.05) is 12.1 Å². The van der Waals surface area contributed by atoms with E-state index in [0.29, 0.717) is 22.6 Å². The fourth-order valence-corrected chi connectivity index (χ4v) is 4.32. The second-order valence-corrected chi connectivity index (χ2v) is 9.24. The Labute approximate surface area is 223 Å². The highest BCUT2D eigenvalue weighted by molar-refractivity contribution is 6.05. The zero-order valence-corrected chi connectivity index (χ0v) is 21.1. The molecule has 1 aliphatic rings. The van der Waals surface area contributed by atoms with Crippen LogP contribution in [0.4, 0.5) is 11.4 Å². The number of benzene rings is 3. The van der Waals surface area contributed by atoms with Crippen LogP contribution in [-0.2, 0) is 0 Å².